The number of amides is 2. The van der Waals surface area contributed by atoms with Gasteiger partial charge in [-0.3, -0.25) is 4.79 Å². The SMILES string of the molecule is CC(C)(CCCNC(=O)c1ccc2c(c1)OCO2)CN(C[C@@H](O)[C@H](Cc1ccccc1)NC(=O)O[C@H]1CO[C@H]2OCC[C@H]21)S(=O)(=O)c1ccc2c(c1)OCO2. The quantitative estimate of drug-likeness (QED) is 0.179. The summed E-state index contributed by atoms with van der Waals surface area (Å²) in [5.74, 6) is 1.49. The number of aliphatic hydroxyl groups is 1. The Bertz CT molecular complexity index is 1950. The van der Waals surface area contributed by atoms with E-state index in [2.05, 4.69) is 10.6 Å². The van der Waals surface area contributed by atoms with Crippen LogP contribution in [0.5, 0.6) is 23.0 Å². The highest BCUT2D eigenvalue weighted by Crippen LogP contribution is 2.37. The van der Waals surface area contributed by atoms with Crippen LogP contribution in [-0.2, 0) is 30.7 Å². The van der Waals surface area contributed by atoms with E-state index in [1.807, 2.05) is 44.2 Å². The highest BCUT2D eigenvalue weighted by molar-refractivity contribution is 7.89. The highest BCUT2D eigenvalue weighted by Gasteiger charge is 2.44. The molecule has 3 N–H and O–H groups in total. The molecule has 0 aromatic heterocycles. The zero-order chi connectivity index (χ0) is 38.6. The molecule has 2 amide bonds. The van der Waals surface area contributed by atoms with E-state index in [1.54, 1.807) is 24.3 Å². The van der Waals surface area contributed by atoms with Gasteiger partial charge in [0.25, 0.3) is 5.91 Å². The number of ether oxygens (including phenoxy) is 7. The van der Waals surface area contributed by atoms with Crippen molar-refractivity contribution >= 4 is 22.0 Å². The lowest BCUT2D eigenvalue weighted by Crippen LogP contribution is -2.52. The minimum atomic E-state index is -4.23. The second kappa shape index (κ2) is 16.6. The first-order chi connectivity index (χ1) is 26.4. The molecule has 4 aliphatic heterocycles. The van der Waals surface area contributed by atoms with Crippen LogP contribution in [0.1, 0.15) is 49.0 Å². The van der Waals surface area contributed by atoms with Gasteiger partial charge in [-0.05, 0) is 67.0 Å². The van der Waals surface area contributed by atoms with Crippen molar-refractivity contribution in [2.75, 3.05) is 46.4 Å². The molecular formula is C39H47N3O12S. The zero-order valence-corrected chi connectivity index (χ0v) is 31.6. The van der Waals surface area contributed by atoms with Crippen LogP contribution in [0, 0.1) is 11.3 Å². The summed E-state index contributed by atoms with van der Waals surface area (Å²) >= 11 is 0. The third kappa shape index (κ3) is 9.27. The van der Waals surface area contributed by atoms with Gasteiger partial charge in [0.05, 0.1) is 36.2 Å². The summed E-state index contributed by atoms with van der Waals surface area (Å²) in [6.45, 7) is 4.69. The maximum atomic E-state index is 14.4. The molecule has 5 atom stereocenters. The number of carbonyl (C=O) groups is 2. The van der Waals surface area contributed by atoms with Gasteiger partial charge in [0.2, 0.25) is 23.6 Å². The molecular weight excluding hydrogens is 735 g/mol. The van der Waals surface area contributed by atoms with Crippen LogP contribution in [0.15, 0.2) is 71.6 Å². The molecule has 3 aromatic rings. The smallest absolute Gasteiger partial charge is 0.407 e. The molecule has 0 aliphatic carbocycles. The predicted molar refractivity (Wildman–Crippen MR) is 196 cm³/mol. The number of nitrogens with one attached hydrogen (secondary N) is 2. The van der Waals surface area contributed by atoms with E-state index >= 15 is 0 Å². The largest absolute Gasteiger partial charge is 0.454 e. The van der Waals surface area contributed by atoms with Crippen LogP contribution in [0.4, 0.5) is 4.79 Å². The van der Waals surface area contributed by atoms with Crippen molar-refractivity contribution in [3.05, 3.63) is 77.9 Å². The third-order valence-corrected chi connectivity index (χ3v) is 12.0. The average Bonchev–Trinajstić information content (AvgIpc) is 3.99. The molecule has 2 saturated heterocycles. The number of sulfonamides is 1. The molecule has 16 heteroatoms. The van der Waals surface area contributed by atoms with Crippen molar-refractivity contribution in [3.8, 4) is 23.0 Å². The fourth-order valence-corrected chi connectivity index (χ4v) is 8.92. The van der Waals surface area contributed by atoms with Gasteiger partial charge in [-0.1, -0.05) is 44.2 Å². The molecule has 4 aliphatic rings. The molecule has 2 fully saturated rings. The molecule has 0 radical (unpaired) electrons. The first-order valence-corrected chi connectivity index (χ1v) is 19.9. The number of hydrogen-bond donors (Lipinski definition) is 3. The first-order valence-electron chi connectivity index (χ1n) is 18.5. The van der Waals surface area contributed by atoms with Gasteiger partial charge in [-0.2, -0.15) is 4.31 Å². The predicted octanol–water partition coefficient (Wildman–Crippen LogP) is 3.83. The van der Waals surface area contributed by atoms with Crippen LogP contribution in [-0.4, -0.2) is 101 Å². The number of nitrogens with zero attached hydrogens (tertiary/aromatic N) is 1. The topological polar surface area (TPSA) is 180 Å². The molecule has 0 unspecified atom stereocenters. The fourth-order valence-electron chi connectivity index (χ4n) is 7.26. The Labute approximate surface area is 320 Å². The summed E-state index contributed by atoms with van der Waals surface area (Å²) in [6, 6.07) is 17.8. The third-order valence-electron chi connectivity index (χ3n) is 10.2. The lowest BCUT2D eigenvalue weighted by Gasteiger charge is -2.35. The Morgan fingerprint density at radius 2 is 1.65 bits per heavy atom. The Kier molecular flexibility index (Phi) is 11.7. The van der Waals surface area contributed by atoms with Gasteiger partial charge < -0.3 is 48.9 Å². The number of rotatable bonds is 16. The van der Waals surface area contributed by atoms with E-state index in [1.165, 1.54) is 16.4 Å². The molecule has 7 rings (SSSR count). The summed E-state index contributed by atoms with van der Waals surface area (Å²) in [6.07, 6.45) is -1.02. The first kappa shape index (κ1) is 38.7. The van der Waals surface area contributed by atoms with Crippen LogP contribution in [0.2, 0.25) is 0 Å². The summed E-state index contributed by atoms with van der Waals surface area (Å²) in [5, 5.41) is 17.6. The molecule has 0 spiro atoms. The van der Waals surface area contributed by atoms with Crippen LogP contribution in [0.25, 0.3) is 0 Å². The molecule has 296 valence electrons. The summed E-state index contributed by atoms with van der Waals surface area (Å²) in [5.41, 5.74) is 0.652. The average molecular weight is 782 g/mol. The maximum Gasteiger partial charge on any atom is 0.407 e. The van der Waals surface area contributed by atoms with Crippen molar-refractivity contribution < 1.29 is 56.3 Å². The number of benzene rings is 3. The molecule has 3 aromatic carbocycles. The number of aliphatic hydroxyl groups excluding tert-OH is 1. The summed E-state index contributed by atoms with van der Waals surface area (Å²) in [7, 11) is -4.23. The number of alkyl carbamates (subject to hydrolysis) is 1. The molecule has 55 heavy (non-hydrogen) atoms. The monoisotopic (exact) mass is 781 g/mol. The van der Waals surface area contributed by atoms with E-state index in [-0.39, 0.29) is 56.4 Å². The fraction of sp³-hybridized carbons (Fsp3) is 0.487. The second-order valence-corrected chi connectivity index (χ2v) is 16.8. The van der Waals surface area contributed by atoms with Gasteiger partial charge >= 0.3 is 6.09 Å². The zero-order valence-electron chi connectivity index (χ0n) is 30.8. The van der Waals surface area contributed by atoms with Crippen molar-refractivity contribution in [1.29, 1.82) is 0 Å². The van der Waals surface area contributed by atoms with Crippen LogP contribution < -0.4 is 29.6 Å². The van der Waals surface area contributed by atoms with Gasteiger partial charge in [0.15, 0.2) is 29.3 Å². The normalized spacial score (nSPS) is 20.9. The minimum Gasteiger partial charge on any atom is -0.454 e. The molecule has 15 nitrogen and oxygen atoms in total. The number of carbonyl (C=O) groups excluding carboxylic acids is 2. The van der Waals surface area contributed by atoms with E-state index in [9.17, 15) is 23.1 Å². The molecule has 0 saturated carbocycles. The lowest BCUT2D eigenvalue weighted by atomic mass is 9.87. The number of fused-ring (bicyclic) bond motifs is 3. The van der Waals surface area contributed by atoms with Crippen molar-refractivity contribution in [1.82, 2.24) is 14.9 Å². The van der Waals surface area contributed by atoms with Crippen molar-refractivity contribution in [2.24, 2.45) is 11.3 Å². The van der Waals surface area contributed by atoms with Gasteiger partial charge in [0, 0.05) is 31.3 Å². The standard InChI is InChI=1S/C39H47N3O12S/c1-39(2,14-6-15-40-36(44)26-9-11-31-33(18-26)52-23-50-31)22-42(55(46,47)27-10-12-32-34(19-27)53-24-51-32)20-30(43)29(17-25-7-4-3-5-8-25)41-38(45)54-35-21-49-37-28(35)13-16-48-37/h3-5,7-12,18-19,28-30,35,37,43H,6,13-17,20-24H2,1-2H3,(H,40,44)(H,41,45)/t28-,29-,30+,35-,37+/m0/s1. The second-order valence-electron chi connectivity index (χ2n) is 14.9. The summed E-state index contributed by atoms with van der Waals surface area (Å²) in [4.78, 5) is 26.2. The molecule has 4 heterocycles. The van der Waals surface area contributed by atoms with Crippen molar-refractivity contribution in [2.45, 2.75) is 69.0 Å². The Hall–Kier alpha value is -4.61. The Morgan fingerprint density at radius 1 is 0.945 bits per heavy atom. The summed E-state index contributed by atoms with van der Waals surface area (Å²) < 4.78 is 68.7. The van der Waals surface area contributed by atoms with E-state index in [0.29, 0.717) is 61.0 Å². The van der Waals surface area contributed by atoms with E-state index in [0.717, 1.165) is 5.56 Å². The maximum absolute atomic E-state index is 14.4. The van der Waals surface area contributed by atoms with Crippen LogP contribution >= 0.6 is 0 Å². The minimum absolute atomic E-state index is 0.0158. The Morgan fingerprint density at radius 3 is 2.42 bits per heavy atom. The van der Waals surface area contributed by atoms with Crippen LogP contribution in [0.3, 0.4) is 0 Å². The molecule has 0 bridgehead atoms. The van der Waals surface area contributed by atoms with E-state index in [4.69, 9.17) is 33.2 Å². The van der Waals surface area contributed by atoms with E-state index < -0.39 is 46.1 Å². The number of hydrogen-bond acceptors (Lipinski definition) is 12. The lowest BCUT2D eigenvalue weighted by molar-refractivity contribution is -0.0907. The van der Waals surface area contributed by atoms with Gasteiger partial charge in [-0.25, -0.2) is 13.2 Å². The van der Waals surface area contributed by atoms with Gasteiger partial charge in [0.1, 0.15) is 6.10 Å². The Balaban J connectivity index is 1.05. The highest BCUT2D eigenvalue weighted by atomic mass is 32.2. The van der Waals surface area contributed by atoms with Crippen molar-refractivity contribution in [3.63, 3.8) is 0 Å². The van der Waals surface area contributed by atoms with Gasteiger partial charge in [-0.15, -0.1) is 0 Å².